The predicted molar refractivity (Wildman–Crippen MR) is 183 cm³/mol. The Kier molecular flexibility index (Phi) is 6.76. The summed E-state index contributed by atoms with van der Waals surface area (Å²) in [6, 6.07) is 52.8. The summed E-state index contributed by atoms with van der Waals surface area (Å²) >= 11 is 0. The zero-order chi connectivity index (χ0) is 31.1. The molecule has 2 atom stereocenters. The highest BCUT2D eigenvalue weighted by molar-refractivity contribution is 5.76. The largest absolute Gasteiger partial charge is 0.233 e. The topological polar surface area (TPSA) is 61.4 Å². The first-order valence-electron chi connectivity index (χ1n) is 15.5. The average molecular weight is 597 g/mol. The molecule has 8 rings (SSSR count). The van der Waals surface area contributed by atoms with Crippen LogP contribution in [0, 0.1) is 13.8 Å². The Bertz CT molecular complexity index is 2300. The van der Waals surface area contributed by atoms with Crippen LogP contribution in [0.15, 0.2) is 152 Å². The third-order valence-corrected chi connectivity index (χ3v) is 9.12. The quantitative estimate of drug-likeness (QED) is 0.174. The van der Waals surface area contributed by atoms with Crippen molar-refractivity contribution in [1.29, 1.82) is 0 Å². The highest BCUT2D eigenvalue weighted by Crippen LogP contribution is 2.44. The summed E-state index contributed by atoms with van der Waals surface area (Å²) in [5.74, 6) is 0. The van der Waals surface area contributed by atoms with Crippen LogP contribution in [0.4, 0.5) is 0 Å². The Morgan fingerprint density at radius 3 is 1.87 bits per heavy atom. The van der Waals surface area contributed by atoms with E-state index >= 15 is 0 Å². The summed E-state index contributed by atoms with van der Waals surface area (Å²) in [5, 5.41) is 18.8. The van der Waals surface area contributed by atoms with Crippen molar-refractivity contribution in [3.05, 3.63) is 191 Å². The second-order valence-electron chi connectivity index (χ2n) is 11.8. The number of para-hydroxylation sites is 2. The van der Waals surface area contributed by atoms with Gasteiger partial charge in [-0.2, -0.15) is 0 Å². The van der Waals surface area contributed by atoms with Crippen molar-refractivity contribution >= 4 is 22.1 Å². The van der Waals surface area contributed by atoms with E-state index in [2.05, 4.69) is 155 Å². The van der Waals surface area contributed by atoms with Gasteiger partial charge in [-0.3, -0.25) is 0 Å². The van der Waals surface area contributed by atoms with Crippen LogP contribution in [0.25, 0.3) is 22.1 Å². The molecule has 0 aliphatic carbocycles. The minimum absolute atomic E-state index is 0.167. The van der Waals surface area contributed by atoms with Crippen molar-refractivity contribution in [2.24, 2.45) is 0 Å². The molecule has 0 radical (unpaired) electrons. The van der Waals surface area contributed by atoms with Crippen LogP contribution in [-0.2, 0) is 5.54 Å². The molecule has 0 aliphatic rings. The minimum atomic E-state index is -0.797. The van der Waals surface area contributed by atoms with E-state index in [9.17, 15) is 0 Å². The van der Waals surface area contributed by atoms with Crippen molar-refractivity contribution < 1.29 is 0 Å². The van der Waals surface area contributed by atoms with Gasteiger partial charge in [-0.15, -0.1) is 10.2 Å². The Labute approximate surface area is 267 Å². The number of aryl methyl sites for hydroxylation is 2. The van der Waals surface area contributed by atoms with E-state index in [-0.39, 0.29) is 6.04 Å². The van der Waals surface area contributed by atoms with Crippen molar-refractivity contribution in [3.8, 4) is 0 Å². The molecular formula is C40H32N6. The van der Waals surface area contributed by atoms with Crippen molar-refractivity contribution in [1.82, 2.24) is 30.0 Å². The van der Waals surface area contributed by atoms with Crippen LogP contribution in [-0.4, -0.2) is 30.0 Å². The summed E-state index contributed by atoms with van der Waals surface area (Å²) in [6.45, 7) is 4.37. The molecule has 2 heterocycles. The second kappa shape index (κ2) is 11.2. The highest BCUT2D eigenvalue weighted by atomic mass is 15.5. The summed E-state index contributed by atoms with van der Waals surface area (Å²) in [4.78, 5) is 0. The van der Waals surface area contributed by atoms with Crippen LogP contribution < -0.4 is 0 Å². The van der Waals surface area contributed by atoms with Crippen molar-refractivity contribution in [2.75, 3.05) is 0 Å². The van der Waals surface area contributed by atoms with Gasteiger partial charge in [-0.05, 0) is 77.1 Å². The third kappa shape index (κ3) is 4.33. The number of benzene rings is 6. The molecule has 0 aliphatic heterocycles. The van der Waals surface area contributed by atoms with E-state index in [1.165, 1.54) is 5.56 Å². The van der Waals surface area contributed by atoms with Gasteiger partial charge >= 0.3 is 0 Å². The van der Waals surface area contributed by atoms with Crippen LogP contribution in [0.5, 0.6) is 0 Å². The molecule has 6 aromatic carbocycles. The zero-order valence-electron chi connectivity index (χ0n) is 25.7. The van der Waals surface area contributed by atoms with Gasteiger partial charge in [0.05, 0.1) is 11.0 Å². The Hall–Kier alpha value is -5.88. The maximum atomic E-state index is 4.89. The first-order valence-corrected chi connectivity index (χ1v) is 15.5. The lowest BCUT2D eigenvalue weighted by Crippen LogP contribution is -2.39. The van der Waals surface area contributed by atoms with Crippen LogP contribution in [0.2, 0.25) is 0 Å². The van der Waals surface area contributed by atoms with Crippen LogP contribution >= 0.6 is 0 Å². The summed E-state index contributed by atoms with van der Waals surface area (Å²) < 4.78 is 4.15. The lowest BCUT2D eigenvalue weighted by atomic mass is 9.74. The number of nitrogens with zero attached hydrogens (tertiary/aromatic N) is 6. The Morgan fingerprint density at radius 1 is 0.522 bits per heavy atom. The summed E-state index contributed by atoms with van der Waals surface area (Å²) in [7, 11) is 0. The molecule has 0 N–H and O–H groups in total. The molecule has 0 saturated heterocycles. The molecule has 2 unspecified atom stereocenters. The van der Waals surface area contributed by atoms with E-state index in [0.717, 1.165) is 55.4 Å². The normalized spacial score (nSPS) is 13.5. The molecule has 2 aromatic heterocycles. The standard InChI is InChI=1S/C40H32N6/c1-28-15-9-10-20-34(28)40(31-18-7-4-8-19-31,46-38-24-14-12-22-36(38)42-44-46)32-25-26-33(29(2)27-32)39(30-16-5-3-6-17-30)45-37-23-13-11-21-35(37)41-43-45/h3-27,39H,1-2H3. The maximum absolute atomic E-state index is 4.89. The Morgan fingerprint density at radius 2 is 1.13 bits per heavy atom. The van der Waals surface area contributed by atoms with E-state index in [1.807, 2.05) is 35.0 Å². The molecule has 0 spiro atoms. The van der Waals surface area contributed by atoms with Gasteiger partial charge in [0.2, 0.25) is 0 Å². The molecular weight excluding hydrogens is 564 g/mol. The molecule has 46 heavy (non-hydrogen) atoms. The van der Waals surface area contributed by atoms with Crippen LogP contribution in [0.3, 0.4) is 0 Å². The molecule has 0 bridgehead atoms. The van der Waals surface area contributed by atoms with Gasteiger partial charge in [0.15, 0.2) is 0 Å². The van der Waals surface area contributed by atoms with Gasteiger partial charge < -0.3 is 0 Å². The SMILES string of the molecule is Cc1cc(C(c2ccccc2)(c2ccccc2C)n2nnc3ccccc32)ccc1C(c1ccccc1)n1nnc2ccccc21. The van der Waals surface area contributed by atoms with Gasteiger partial charge in [0.1, 0.15) is 22.6 Å². The minimum Gasteiger partial charge on any atom is -0.233 e. The lowest BCUT2D eigenvalue weighted by Gasteiger charge is -2.38. The van der Waals surface area contributed by atoms with Gasteiger partial charge in [0, 0.05) is 0 Å². The van der Waals surface area contributed by atoms with E-state index in [0.29, 0.717) is 0 Å². The molecule has 0 saturated carbocycles. The number of hydrogen-bond donors (Lipinski definition) is 0. The summed E-state index contributed by atoms with van der Waals surface area (Å²) in [6.07, 6.45) is 0. The van der Waals surface area contributed by atoms with Crippen molar-refractivity contribution in [2.45, 2.75) is 25.4 Å². The fourth-order valence-corrected chi connectivity index (χ4v) is 6.98. The highest BCUT2D eigenvalue weighted by Gasteiger charge is 2.42. The third-order valence-electron chi connectivity index (χ3n) is 9.12. The fourth-order valence-electron chi connectivity index (χ4n) is 6.98. The molecule has 6 heteroatoms. The summed E-state index contributed by atoms with van der Waals surface area (Å²) in [5.41, 5.74) is 10.8. The van der Waals surface area contributed by atoms with Gasteiger partial charge in [-0.25, -0.2) is 9.36 Å². The zero-order valence-corrected chi connectivity index (χ0v) is 25.7. The first-order chi connectivity index (χ1) is 22.7. The molecule has 222 valence electrons. The molecule has 8 aromatic rings. The maximum Gasteiger partial charge on any atom is 0.140 e. The second-order valence-corrected chi connectivity index (χ2v) is 11.8. The Balaban J connectivity index is 1.42. The van der Waals surface area contributed by atoms with E-state index < -0.39 is 5.54 Å². The fraction of sp³-hybridized carbons (Fsp3) is 0.100. The van der Waals surface area contributed by atoms with Crippen molar-refractivity contribution in [3.63, 3.8) is 0 Å². The first kappa shape index (κ1) is 27.7. The number of rotatable bonds is 7. The van der Waals surface area contributed by atoms with E-state index in [4.69, 9.17) is 5.21 Å². The van der Waals surface area contributed by atoms with E-state index in [1.54, 1.807) is 0 Å². The smallest absolute Gasteiger partial charge is 0.140 e. The van der Waals surface area contributed by atoms with Gasteiger partial charge in [-0.1, -0.05) is 138 Å². The van der Waals surface area contributed by atoms with Gasteiger partial charge in [0.25, 0.3) is 0 Å². The average Bonchev–Trinajstić information content (AvgIpc) is 3.73. The molecule has 0 amide bonds. The molecule has 0 fully saturated rings. The molecule has 6 nitrogen and oxygen atoms in total. The predicted octanol–water partition coefficient (Wildman–Crippen LogP) is 8.27. The number of hydrogen-bond acceptors (Lipinski definition) is 4. The van der Waals surface area contributed by atoms with Crippen LogP contribution in [0.1, 0.15) is 45.0 Å². The number of aromatic nitrogens is 6. The lowest BCUT2D eigenvalue weighted by molar-refractivity contribution is 0.458. The monoisotopic (exact) mass is 596 g/mol. The number of fused-ring (bicyclic) bond motifs is 2.